The van der Waals surface area contributed by atoms with Crippen molar-refractivity contribution in [1.82, 2.24) is 25.1 Å². The van der Waals surface area contributed by atoms with E-state index in [2.05, 4.69) is 15.5 Å². The average Bonchev–Trinajstić information content (AvgIpc) is 3.00. The van der Waals surface area contributed by atoms with Crippen molar-refractivity contribution < 1.29 is 9.53 Å². The van der Waals surface area contributed by atoms with Gasteiger partial charge in [0.25, 0.3) is 5.91 Å². The Kier molecular flexibility index (Phi) is 4.32. The molecule has 1 aromatic heterocycles. The monoisotopic (exact) mass is 301 g/mol. The summed E-state index contributed by atoms with van der Waals surface area (Å²) < 4.78 is 7.21. The topological polar surface area (TPSA) is 73.1 Å². The summed E-state index contributed by atoms with van der Waals surface area (Å²) in [5.74, 6) is 1.74. The Morgan fingerprint density at radius 1 is 1.36 bits per heavy atom. The van der Waals surface area contributed by atoms with Gasteiger partial charge in [-0.3, -0.25) is 4.79 Å². The van der Waals surface area contributed by atoms with E-state index >= 15 is 0 Å². The van der Waals surface area contributed by atoms with Gasteiger partial charge in [-0.25, -0.2) is 4.68 Å². The maximum absolute atomic E-state index is 12.3. The fourth-order valence-corrected chi connectivity index (χ4v) is 2.75. The van der Waals surface area contributed by atoms with Crippen LogP contribution in [0.15, 0.2) is 30.3 Å². The molecule has 7 nitrogen and oxygen atoms in total. The Bertz CT molecular complexity index is 628. The van der Waals surface area contributed by atoms with E-state index in [-0.39, 0.29) is 18.4 Å². The molecule has 0 spiro atoms. The number of hydrogen-bond acceptors (Lipinski definition) is 5. The first-order valence-corrected chi connectivity index (χ1v) is 7.42. The van der Waals surface area contributed by atoms with Gasteiger partial charge in [0.2, 0.25) is 0 Å². The molecule has 1 aromatic carbocycles. The second-order valence-electron chi connectivity index (χ2n) is 5.44. The second kappa shape index (κ2) is 6.55. The number of carbonyl (C=O) groups excluding carboxylic acids is 1. The Balaban J connectivity index is 1.57. The van der Waals surface area contributed by atoms with Crippen LogP contribution in [0.2, 0.25) is 0 Å². The molecule has 3 rings (SSSR count). The molecule has 0 bridgehead atoms. The molecule has 0 aliphatic carbocycles. The minimum Gasteiger partial charge on any atom is -0.484 e. The molecule has 1 fully saturated rings. The van der Waals surface area contributed by atoms with Crippen LogP contribution in [0.25, 0.3) is 0 Å². The summed E-state index contributed by atoms with van der Waals surface area (Å²) >= 11 is 0. The van der Waals surface area contributed by atoms with Crippen molar-refractivity contribution in [3.8, 4) is 5.75 Å². The van der Waals surface area contributed by atoms with Gasteiger partial charge in [0.05, 0.1) is 0 Å². The molecule has 1 amide bonds. The van der Waals surface area contributed by atoms with Crippen molar-refractivity contribution in [2.75, 3.05) is 19.7 Å². The van der Waals surface area contributed by atoms with Gasteiger partial charge in [0.1, 0.15) is 5.75 Å². The lowest BCUT2D eigenvalue weighted by Gasteiger charge is -2.31. The summed E-state index contributed by atoms with van der Waals surface area (Å²) in [7, 11) is 1.83. The number of aryl methyl sites for hydroxylation is 1. The van der Waals surface area contributed by atoms with Crippen LogP contribution in [0, 0.1) is 0 Å². The van der Waals surface area contributed by atoms with Crippen molar-refractivity contribution in [3.05, 3.63) is 36.2 Å². The minimum absolute atomic E-state index is 0.00341. The molecule has 2 aromatic rings. The van der Waals surface area contributed by atoms with Crippen molar-refractivity contribution in [2.45, 2.75) is 18.8 Å². The quantitative estimate of drug-likeness (QED) is 0.842. The summed E-state index contributed by atoms with van der Waals surface area (Å²) in [5.41, 5.74) is 0. The summed E-state index contributed by atoms with van der Waals surface area (Å²) in [4.78, 5) is 14.2. The number of tetrazole rings is 1. The number of ether oxygens (including phenoxy) is 1. The Labute approximate surface area is 128 Å². The third-order valence-corrected chi connectivity index (χ3v) is 3.90. The molecule has 7 heteroatoms. The molecule has 1 aliphatic heterocycles. The van der Waals surface area contributed by atoms with E-state index in [1.54, 1.807) is 4.68 Å². The molecular weight excluding hydrogens is 282 g/mol. The number of carbonyl (C=O) groups is 1. The second-order valence-corrected chi connectivity index (χ2v) is 5.44. The fraction of sp³-hybridized carbons (Fsp3) is 0.467. The molecule has 0 radical (unpaired) electrons. The summed E-state index contributed by atoms with van der Waals surface area (Å²) in [6.07, 6.45) is 1.95. The Hall–Kier alpha value is -2.44. The van der Waals surface area contributed by atoms with Gasteiger partial charge < -0.3 is 9.64 Å². The minimum atomic E-state index is 0.00341. The first-order valence-electron chi connectivity index (χ1n) is 7.42. The normalized spacial score (nSPS) is 18.2. The predicted octanol–water partition coefficient (Wildman–Crippen LogP) is 0.995. The number of benzene rings is 1. The molecule has 1 aliphatic rings. The van der Waals surface area contributed by atoms with Crippen LogP contribution in [0.4, 0.5) is 0 Å². The smallest absolute Gasteiger partial charge is 0.260 e. The number of hydrogen-bond donors (Lipinski definition) is 0. The Morgan fingerprint density at radius 3 is 2.91 bits per heavy atom. The van der Waals surface area contributed by atoms with Crippen molar-refractivity contribution in [2.24, 2.45) is 7.05 Å². The molecule has 22 heavy (non-hydrogen) atoms. The summed E-state index contributed by atoms with van der Waals surface area (Å²) in [5, 5.41) is 11.6. The van der Waals surface area contributed by atoms with Gasteiger partial charge in [0, 0.05) is 26.1 Å². The zero-order valence-electron chi connectivity index (χ0n) is 12.6. The van der Waals surface area contributed by atoms with E-state index in [4.69, 9.17) is 4.74 Å². The zero-order valence-corrected chi connectivity index (χ0v) is 12.6. The van der Waals surface area contributed by atoms with Crippen LogP contribution in [-0.2, 0) is 11.8 Å². The van der Waals surface area contributed by atoms with Crippen molar-refractivity contribution in [3.63, 3.8) is 0 Å². The van der Waals surface area contributed by atoms with Crippen LogP contribution in [0.5, 0.6) is 5.75 Å². The van der Waals surface area contributed by atoms with Crippen LogP contribution in [-0.4, -0.2) is 50.7 Å². The number of likely N-dealkylation sites (tertiary alicyclic amines) is 1. The number of nitrogens with zero attached hydrogens (tertiary/aromatic N) is 5. The number of amides is 1. The zero-order chi connectivity index (χ0) is 15.4. The molecule has 1 saturated heterocycles. The molecule has 0 N–H and O–H groups in total. The van der Waals surface area contributed by atoms with Crippen LogP contribution in [0.3, 0.4) is 0 Å². The van der Waals surface area contributed by atoms with Crippen molar-refractivity contribution >= 4 is 5.91 Å². The largest absolute Gasteiger partial charge is 0.484 e. The van der Waals surface area contributed by atoms with Gasteiger partial charge in [0.15, 0.2) is 12.4 Å². The van der Waals surface area contributed by atoms with E-state index in [0.29, 0.717) is 12.3 Å². The molecule has 2 heterocycles. The van der Waals surface area contributed by atoms with Crippen LogP contribution < -0.4 is 4.74 Å². The number of para-hydroxylation sites is 1. The predicted molar refractivity (Wildman–Crippen MR) is 79.3 cm³/mol. The van der Waals surface area contributed by atoms with Gasteiger partial charge >= 0.3 is 0 Å². The van der Waals surface area contributed by atoms with Crippen molar-refractivity contribution in [1.29, 1.82) is 0 Å². The number of piperidine rings is 1. The summed E-state index contributed by atoms with van der Waals surface area (Å²) in [6.45, 7) is 1.47. The van der Waals surface area contributed by atoms with Gasteiger partial charge in [-0.2, -0.15) is 0 Å². The van der Waals surface area contributed by atoms with Gasteiger partial charge in [-0.05, 0) is 35.4 Å². The highest BCUT2D eigenvalue weighted by atomic mass is 16.5. The summed E-state index contributed by atoms with van der Waals surface area (Å²) in [6, 6.07) is 9.38. The molecule has 1 atom stereocenters. The van der Waals surface area contributed by atoms with Gasteiger partial charge in [-0.15, -0.1) is 5.10 Å². The van der Waals surface area contributed by atoms with E-state index in [9.17, 15) is 4.79 Å². The lowest BCUT2D eigenvalue weighted by atomic mass is 9.97. The third-order valence-electron chi connectivity index (χ3n) is 3.90. The van der Waals surface area contributed by atoms with E-state index in [1.165, 1.54) is 0 Å². The van der Waals surface area contributed by atoms with Crippen LogP contribution in [0.1, 0.15) is 24.6 Å². The molecule has 1 unspecified atom stereocenters. The van der Waals surface area contributed by atoms with E-state index in [0.717, 1.165) is 25.2 Å². The average molecular weight is 301 g/mol. The van der Waals surface area contributed by atoms with Crippen LogP contribution >= 0.6 is 0 Å². The first kappa shape index (κ1) is 14.5. The standard InChI is InChI=1S/C15H19N5O2/c1-19-15(16-17-18-19)12-6-5-9-20(10-12)14(21)11-22-13-7-3-2-4-8-13/h2-4,7-8,12H,5-6,9-11H2,1H3. The molecule has 0 saturated carbocycles. The highest BCUT2D eigenvalue weighted by Crippen LogP contribution is 2.24. The lowest BCUT2D eigenvalue weighted by molar-refractivity contribution is -0.134. The van der Waals surface area contributed by atoms with Gasteiger partial charge in [-0.1, -0.05) is 18.2 Å². The SMILES string of the molecule is Cn1nnnc1C1CCCN(C(=O)COc2ccccc2)C1. The molecule has 116 valence electrons. The highest BCUT2D eigenvalue weighted by Gasteiger charge is 2.27. The maximum Gasteiger partial charge on any atom is 0.260 e. The Morgan fingerprint density at radius 2 is 2.18 bits per heavy atom. The maximum atomic E-state index is 12.3. The fourth-order valence-electron chi connectivity index (χ4n) is 2.75. The highest BCUT2D eigenvalue weighted by molar-refractivity contribution is 5.78. The van der Waals surface area contributed by atoms with E-state index < -0.39 is 0 Å². The third kappa shape index (κ3) is 3.24. The number of aromatic nitrogens is 4. The molecular formula is C15H19N5O2. The van der Waals surface area contributed by atoms with E-state index in [1.807, 2.05) is 42.3 Å². The first-order chi connectivity index (χ1) is 10.7. The number of rotatable bonds is 4. The lowest BCUT2D eigenvalue weighted by Crippen LogP contribution is -2.42.